The number of carbonyl (C=O) groups is 1. The second-order valence-corrected chi connectivity index (χ2v) is 10.1. The fourth-order valence-electron chi connectivity index (χ4n) is 4.46. The number of sulfonamides is 1. The van der Waals surface area contributed by atoms with Crippen LogP contribution in [0.15, 0.2) is 52.9 Å². The Bertz CT molecular complexity index is 1120. The van der Waals surface area contributed by atoms with Gasteiger partial charge in [-0.1, -0.05) is 11.6 Å². The van der Waals surface area contributed by atoms with Gasteiger partial charge in [-0.3, -0.25) is 9.52 Å². The van der Waals surface area contributed by atoms with Gasteiger partial charge in [0.25, 0.3) is 10.0 Å². The van der Waals surface area contributed by atoms with Crippen molar-refractivity contribution in [3.8, 4) is 0 Å². The van der Waals surface area contributed by atoms with Crippen LogP contribution in [0.1, 0.15) is 44.2 Å². The minimum Gasteiger partial charge on any atom is -0.326 e. The molecule has 0 spiro atoms. The Morgan fingerprint density at radius 2 is 1.71 bits per heavy atom. The van der Waals surface area contributed by atoms with Gasteiger partial charge in [0.05, 0.1) is 4.90 Å². The standard InChI is InChI=1S/C24H29N3O3S/c1-17-15-19-5-6-21(16-24(19)23(17)11-14-27-12-3-4-13-27)26-31(29,30)22-9-7-20(8-10-22)25-18(2)28/h5-10,16,26H,3-4,11-15H2,1-2H3,(H,25,28). The molecule has 0 unspecified atom stereocenters. The second-order valence-electron chi connectivity index (χ2n) is 8.42. The summed E-state index contributed by atoms with van der Waals surface area (Å²) in [6.07, 6.45) is 4.50. The van der Waals surface area contributed by atoms with Crippen LogP contribution >= 0.6 is 0 Å². The van der Waals surface area contributed by atoms with Crippen molar-refractivity contribution in [1.82, 2.24) is 4.90 Å². The Balaban J connectivity index is 1.50. The minimum atomic E-state index is -3.72. The molecule has 0 atom stereocenters. The van der Waals surface area contributed by atoms with Crippen molar-refractivity contribution in [2.75, 3.05) is 29.7 Å². The first-order valence-electron chi connectivity index (χ1n) is 10.8. The number of hydrogen-bond acceptors (Lipinski definition) is 4. The molecule has 0 saturated carbocycles. The summed E-state index contributed by atoms with van der Waals surface area (Å²) in [6.45, 7) is 7.01. The molecule has 0 bridgehead atoms. The number of nitrogens with one attached hydrogen (secondary N) is 2. The summed E-state index contributed by atoms with van der Waals surface area (Å²) in [7, 11) is -3.72. The van der Waals surface area contributed by atoms with Crippen LogP contribution in [0.3, 0.4) is 0 Å². The fourth-order valence-corrected chi connectivity index (χ4v) is 5.51. The Morgan fingerprint density at radius 1 is 1.03 bits per heavy atom. The van der Waals surface area contributed by atoms with Crippen LogP contribution in [-0.4, -0.2) is 38.9 Å². The predicted octanol–water partition coefficient (Wildman–Crippen LogP) is 4.26. The van der Waals surface area contributed by atoms with Gasteiger partial charge in [0.15, 0.2) is 0 Å². The Labute approximate surface area is 184 Å². The molecule has 1 fully saturated rings. The number of likely N-dealkylation sites (tertiary alicyclic amines) is 1. The highest BCUT2D eigenvalue weighted by molar-refractivity contribution is 7.92. The van der Waals surface area contributed by atoms with Crippen molar-refractivity contribution in [3.63, 3.8) is 0 Å². The summed E-state index contributed by atoms with van der Waals surface area (Å²) in [5.41, 5.74) is 6.28. The number of hydrogen-bond donors (Lipinski definition) is 2. The largest absolute Gasteiger partial charge is 0.326 e. The van der Waals surface area contributed by atoms with Crippen LogP contribution < -0.4 is 10.0 Å². The van der Waals surface area contributed by atoms with Crippen molar-refractivity contribution in [2.24, 2.45) is 0 Å². The first-order chi connectivity index (χ1) is 14.8. The SMILES string of the molecule is CC(=O)Nc1ccc(S(=O)(=O)Nc2ccc3c(c2)C(CCN2CCCC2)=C(C)C3)cc1. The van der Waals surface area contributed by atoms with Gasteiger partial charge >= 0.3 is 0 Å². The zero-order valence-electron chi connectivity index (χ0n) is 18.1. The quantitative estimate of drug-likeness (QED) is 0.676. The number of rotatable bonds is 7. The third-order valence-corrected chi connectivity index (χ3v) is 7.42. The molecule has 31 heavy (non-hydrogen) atoms. The topological polar surface area (TPSA) is 78.5 Å². The molecule has 1 aliphatic carbocycles. The van der Waals surface area contributed by atoms with E-state index in [2.05, 4.69) is 21.9 Å². The van der Waals surface area contributed by atoms with Gasteiger partial charge in [-0.15, -0.1) is 0 Å². The number of nitrogens with zero attached hydrogens (tertiary/aromatic N) is 1. The zero-order chi connectivity index (χ0) is 22.0. The maximum atomic E-state index is 12.9. The maximum absolute atomic E-state index is 12.9. The van der Waals surface area contributed by atoms with E-state index in [4.69, 9.17) is 0 Å². The van der Waals surface area contributed by atoms with Gasteiger partial charge in [-0.2, -0.15) is 0 Å². The molecule has 2 N–H and O–H groups in total. The van der Waals surface area contributed by atoms with Crippen LogP contribution in [0.2, 0.25) is 0 Å². The molecule has 0 radical (unpaired) electrons. The lowest BCUT2D eigenvalue weighted by molar-refractivity contribution is -0.114. The van der Waals surface area contributed by atoms with Gasteiger partial charge < -0.3 is 10.2 Å². The summed E-state index contributed by atoms with van der Waals surface area (Å²) < 4.78 is 28.4. The highest BCUT2D eigenvalue weighted by Crippen LogP contribution is 2.37. The third-order valence-electron chi connectivity index (χ3n) is 6.02. The van der Waals surface area contributed by atoms with Gasteiger partial charge in [0.2, 0.25) is 5.91 Å². The molecule has 6 nitrogen and oxygen atoms in total. The van der Waals surface area contributed by atoms with E-state index in [-0.39, 0.29) is 10.8 Å². The summed E-state index contributed by atoms with van der Waals surface area (Å²) in [4.78, 5) is 13.8. The third kappa shape index (κ3) is 4.99. The molecule has 1 saturated heterocycles. The number of anilines is 2. The number of benzene rings is 2. The molecular formula is C24H29N3O3S. The molecule has 2 aliphatic rings. The van der Waals surface area contributed by atoms with Gasteiger partial charge in [-0.25, -0.2) is 8.42 Å². The number of amides is 1. The normalized spacial score (nSPS) is 16.5. The van der Waals surface area contributed by atoms with Crippen molar-refractivity contribution in [3.05, 3.63) is 59.2 Å². The monoisotopic (exact) mass is 439 g/mol. The summed E-state index contributed by atoms with van der Waals surface area (Å²) in [5.74, 6) is -0.198. The van der Waals surface area contributed by atoms with Crippen molar-refractivity contribution in [1.29, 1.82) is 0 Å². The van der Waals surface area contributed by atoms with E-state index < -0.39 is 10.0 Å². The zero-order valence-corrected chi connectivity index (χ0v) is 18.9. The van der Waals surface area contributed by atoms with Gasteiger partial charge in [0.1, 0.15) is 0 Å². The van der Waals surface area contributed by atoms with Gasteiger partial charge in [-0.05, 0) is 98.8 Å². The molecule has 1 heterocycles. The molecule has 1 amide bonds. The average molecular weight is 440 g/mol. The highest BCUT2D eigenvalue weighted by atomic mass is 32.2. The van der Waals surface area contributed by atoms with E-state index in [1.807, 2.05) is 18.2 Å². The number of carbonyl (C=O) groups excluding carboxylic acids is 1. The first-order valence-corrected chi connectivity index (χ1v) is 12.2. The summed E-state index contributed by atoms with van der Waals surface area (Å²) in [6, 6.07) is 12.0. The summed E-state index contributed by atoms with van der Waals surface area (Å²) >= 11 is 0. The van der Waals surface area contributed by atoms with E-state index in [9.17, 15) is 13.2 Å². The van der Waals surface area contributed by atoms with Gasteiger partial charge in [0, 0.05) is 24.8 Å². The second kappa shape index (κ2) is 8.85. The van der Waals surface area contributed by atoms with E-state index >= 15 is 0 Å². The summed E-state index contributed by atoms with van der Waals surface area (Å²) in [5, 5.41) is 2.64. The van der Waals surface area contributed by atoms with E-state index in [0.717, 1.165) is 24.9 Å². The fraction of sp³-hybridized carbons (Fsp3) is 0.375. The Hall–Kier alpha value is -2.64. The van der Waals surface area contributed by atoms with E-state index in [1.165, 1.54) is 61.7 Å². The first kappa shape index (κ1) is 21.6. The lowest BCUT2D eigenvalue weighted by Gasteiger charge is -2.16. The van der Waals surface area contributed by atoms with Crippen molar-refractivity contribution >= 4 is 32.9 Å². The van der Waals surface area contributed by atoms with E-state index in [1.54, 1.807) is 12.1 Å². The van der Waals surface area contributed by atoms with E-state index in [0.29, 0.717) is 11.4 Å². The Morgan fingerprint density at radius 3 is 2.39 bits per heavy atom. The number of fused-ring (bicyclic) bond motifs is 1. The van der Waals surface area contributed by atoms with Crippen molar-refractivity contribution in [2.45, 2.75) is 44.4 Å². The van der Waals surface area contributed by atoms with Crippen LogP contribution in [0.5, 0.6) is 0 Å². The lowest BCUT2D eigenvalue weighted by Crippen LogP contribution is -2.20. The molecule has 0 aromatic heterocycles. The van der Waals surface area contributed by atoms with Crippen LogP contribution in [0.4, 0.5) is 11.4 Å². The van der Waals surface area contributed by atoms with Crippen molar-refractivity contribution < 1.29 is 13.2 Å². The molecular weight excluding hydrogens is 410 g/mol. The van der Waals surface area contributed by atoms with Crippen LogP contribution in [-0.2, 0) is 21.2 Å². The smallest absolute Gasteiger partial charge is 0.261 e. The molecule has 1 aliphatic heterocycles. The Kier molecular flexibility index (Phi) is 6.16. The molecule has 4 rings (SSSR count). The maximum Gasteiger partial charge on any atom is 0.261 e. The average Bonchev–Trinajstić information content (AvgIpc) is 3.33. The molecule has 7 heteroatoms. The minimum absolute atomic E-state index is 0.156. The number of allylic oxidation sites excluding steroid dienone is 1. The molecule has 2 aromatic rings. The van der Waals surface area contributed by atoms with Crippen LogP contribution in [0, 0.1) is 0 Å². The predicted molar refractivity (Wildman–Crippen MR) is 125 cm³/mol. The van der Waals surface area contributed by atoms with Crippen LogP contribution in [0.25, 0.3) is 5.57 Å². The molecule has 2 aromatic carbocycles. The molecule has 164 valence electrons. The highest BCUT2D eigenvalue weighted by Gasteiger charge is 2.22. The lowest BCUT2D eigenvalue weighted by atomic mass is 10.0.